The summed E-state index contributed by atoms with van der Waals surface area (Å²) >= 11 is 0. The fourth-order valence-corrected chi connectivity index (χ4v) is 8.89. The summed E-state index contributed by atoms with van der Waals surface area (Å²) in [5.74, 6) is -2.82. The molecule has 4 aliphatic carbocycles. The van der Waals surface area contributed by atoms with Crippen LogP contribution in [0.1, 0.15) is 58.7 Å². The van der Waals surface area contributed by atoms with Gasteiger partial charge >= 0.3 is 5.97 Å². The van der Waals surface area contributed by atoms with Gasteiger partial charge in [-0.15, -0.1) is 0 Å². The first-order valence-electron chi connectivity index (χ1n) is 14.1. The Morgan fingerprint density at radius 3 is 2.60 bits per heavy atom. The number of para-hydroxylation sites is 1. The first-order chi connectivity index (χ1) is 18.8. The van der Waals surface area contributed by atoms with Crippen molar-refractivity contribution < 1.29 is 28.9 Å². The summed E-state index contributed by atoms with van der Waals surface area (Å²) in [6.45, 7) is 8.12. The van der Waals surface area contributed by atoms with Crippen LogP contribution in [0.15, 0.2) is 53.8 Å². The highest BCUT2D eigenvalue weighted by Gasteiger charge is 2.75. The molecule has 4 aliphatic rings. The molecule has 1 aromatic heterocycles. The van der Waals surface area contributed by atoms with E-state index in [1.165, 1.54) is 6.92 Å². The van der Waals surface area contributed by atoms with Gasteiger partial charge in [0.2, 0.25) is 5.78 Å². The van der Waals surface area contributed by atoms with Crippen LogP contribution in [0.2, 0.25) is 0 Å². The summed E-state index contributed by atoms with van der Waals surface area (Å²) in [6, 6.07) is 9.81. The molecule has 2 aromatic rings. The van der Waals surface area contributed by atoms with Gasteiger partial charge in [0.05, 0.1) is 23.7 Å². The van der Waals surface area contributed by atoms with Gasteiger partial charge in [0.1, 0.15) is 5.60 Å². The Hall–Kier alpha value is -3.10. The Labute approximate surface area is 233 Å². The van der Waals surface area contributed by atoms with Gasteiger partial charge in [-0.3, -0.25) is 9.59 Å². The van der Waals surface area contributed by atoms with Crippen molar-refractivity contribution in [3.63, 3.8) is 0 Å². The molecule has 2 fully saturated rings. The van der Waals surface area contributed by atoms with E-state index in [-0.39, 0.29) is 6.42 Å². The van der Waals surface area contributed by atoms with Crippen molar-refractivity contribution in [3.05, 3.63) is 65.0 Å². The zero-order valence-electron chi connectivity index (χ0n) is 23.6. The highest BCUT2D eigenvalue weighted by molar-refractivity contribution is 5.91. The number of carbonyl (C=O) groups is 2. The maximum absolute atomic E-state index is 18.0. The molecule has 6 rings (SSSR count). The molecular formula is C32H37FN2O5. The summed E-state index contributed by atoms with van der Waals surface area (Å²) in [5, 5.41) is 28.4. The number of esters is 1. The highest BCUT2D eigenvalue weighted by atomic mass is 19.1. The number of allylic oxidation sites excluding steroid dienone is 3. The van der Waals surface area contributed by atoms with Crippen LogP contribution in [-0.2, 0) is 20.7 Å². The molecule has 0 spiro atoms. The molecule has 0 unspecified atom stereocenters. The fourth-order valence-electron chi connectivity index (χ4n) is 8.89. The van der Waals surface area contributed by atoms with E-state index in [2.05, 4.69) is 5.10 Å². The number of rotatable bonds is 4. The van der Waals surface area contributed by atoms with Crippen LogP contribution in [0.5, 0.6) is 0 Å². The lowest BCUT2D eigenvalue weighted by molar-refractivity contribution is -0.212. The number of halogens is 1. The molecule has 7 nitrogen and oxygen atoms in total. The molecule has 0 radical (unpaired) electrons. The summed E-state index contributed by atoms with van der Waals surface area (Å²) in [6.07, 6.45) is 4.99. The molecular weight excluding hydrogens is 511 g/mol. The Morgan fingerprint density at radius 2 is 1.93 bits per heavy atom. The van der Waals surface area contributed by atoms with Gasteiger partial charge in [0, 0.05) is 23.7 Å². The van der Waals surface area contributed by atoms with Gasteiger partial charge in [-0.25, -0.2) is 9.07 Å². The maximum Gasteiger partial charge on any atom is 0.303 e. The summed E-state index contributed by atoms with van der Waals surface area (Å²) < 4.78 is 24.8. The van der Waals surface area contributed by atoms with E-state index < -0.39 is 64.3 Å². The highest BCUT2D eigenvalue weighted by Crippen LogP contribution is 2.70. The minimum absolute atomic E-state index is 0.0801. The molecule has 40 heavy (non-hydrogen) atoms. The van der Waals surface area contributed by atoms with Gasteiger partial charge in [0.25, 0.3) is 0 Å². The van der Waals surface area contributed by atoms with Crippen LogP contribution in [0.4, 0.5) is 4.39 Å². The van der Waals surface area contributed by atoms with Gasteiger partial charge in [-0.1, -0.05) is 50.6 Å². The maximum atomic E-state index is 18.0. The number of aromatic nitrogens is 2. The van der Waals surface area contributed by atoms with Crippen LogP contribution >= 0.6 is 0 Å². The summed E-state index contributed by atoms with van der Waals surface area (Å²) in [5.41, 5.74) is -1.53. The van der Waals surface area contributed by atoms with E-state index in [4.69, 9.17) is 4.74 Å². The quantitative estimate of drug-likeness (QED) is 0.550. The van der Waals surface area contributed by atoms with Gasteiger partial charge in [0.15, 0.2) is 12.3 Å². The lowest BCUT2D eigenvalue weighted by Crippen LogP contribution is -2.69. The zero-order valence-corrected chi connectivity index (χ0v) is 23.6. The van der Waals surface area contributed by atoms with Crippen molar-refractivity contribution in [2.45, 2.75) is 71.3 Å². The first-order valence-corrected chi connectivity index (χ1v) is 14.1. The predicted octanol–water partition coefficient (Wildman–Crippen LogP) is 4.39. The number of alkyl halides is 1. The van der Waals surface area contributed by atoms with Crippen molar-refractivity contribution in [2.75, 3.05) is 6.61 Å². The molecule has 0 aliphatic heterocycles. The second-order valence-corrected chi connectivity index (χ2v) is 12.9. The van der Waals surface area contributed by atoms with Crippen molar-refractivity contribution in [1.29, 1.82) is 0 Å². The molecule has 8 atom stereocenters. The Kier molecular flexibility index (Phi) is 5.89. The van der Waals surface area contributed by atoms with Crippen LogP contribution in [0.3, 0.4) is 0 Å². The van der Waals surface area contributed by atoms with E-state index in [9.17, 15) is 19.8 Å². The zero-order chi connectivity index (χ0) is 28.8. The number of ether oxygens (including phenoxy) is 1. The topological polar surface area (TPSA) is 102 Å². The van der Waals surface area contributed by atoms with Gasteiger partial charge in [-0.2, -0.15) is 5.10 Å². The molecule has 2 saturated carbocycles. The molecule has 2 N–H and O–H groups in total. The third kappa shape index (κ3) is 3.26. The number of benzene rings is 1. The number of Topliss-reactive ketones (excluding diaryl/α,β-unsaturated/α-hetero) is 1. The normalized spacial score (nSPS) is 39.7. The molecule has 1 heterocycles. The van der Waals surface area contributed by atoms with Crippen molar-refractivity contribution >= 4 is 17.8 Å². The standard InChI is InChI=1S/C32H37FN2O5/c1-18-11-25-24-12-19(2)32(39,28(38)17-40-20(3)36)30(24,5)15-27(37)31(25,33)29(4)14-21-16-34-35(26(21)13-23(18)29)22-9-7-6-8-10-22/h6-11,13,16,19,24-25,27,37,39H,12,14-15,17H2,1-5H3/t19-,24-,25+,27-,29+,30+,31-,32-/m1/s1. The molecule has 8 heteroatoms. The number of hydrogen-bond acceptors (Lipinski definition) is 6. The van der Waals surface area contributed by atoms with Crippen LogP contribution in [0.25, 0.3) is 11.8 Å². The average molecular weight is 549 g/mol. The summed E-state index contributed by atoms with van der Waals surface area (Å²) in [7, 11) is 0. The largest absolute Gasteiger partial charge is 0.458 e. The van der Waals surface area contributed by atoms with E-state index in [0.29, 0.717) is 12.8 Å². The molecule has 0 saturated heterocycles. The fraction of sp³-hybridized carbons (Fsp3) is 0.531. The molecule has 0 bridgehead atoms. The summed E-state index contributed by atoms with van der Waals surface area (Å²) in [4.78, 5) is 24.8. The number of carbonyl (C=O) groups excluding carboxylic acids is 2. The lowest BCUT2D eigenvalue weighted by Gasteiger charge is -2.62. The number of fused-ring (bicyclic) bond motifs is 6. The van der Waals surface area contributed by atoms with Gasteiger partial charge < -0.3 is 14.9 Å². The van der Waals surface area contributed by atoms with Crippen LogP contribution in [0, 0.1) is 28.6 Å². The number of aliphatic hydroxyl groups excluding tert-OH is 1. The number of hydrogen-bond donors (Lipinski definition) is 2. The molecule has 0 amide bonds. The number of nitrogens with zero attached hydrogens (tertiary/aromatic N) is 2. The third-order valence-corrected chi connectivity index (χ3v) is 10.9. The van der Waals surface area contributed by atoms with Crippen molar-refractivity contribution in [2.24, 2.45) is 28.6 Å². The SMILES string of the molecule is CC(=O)OCC(=O)[C@]1(O)[C@H](C)C[C@@H]2[C@@H]3C=C(C)C4=Cc5c(cnn5-c5ccccc5)C[C@]4(C)[C@]3(F)[C@H](O)C[C@@]21C. The van der Waals surface area contributed by atoms with E-state index in [1.807, 2.05) is 61.0 Å². The van der Waals surface area contributed by atoms with Crippen molar-refractivity contribution in [1.82, 2.24) is 9.78 Å². The monoisotopic (exact) mass is 548 g/mol. The van der Waals surface area contributed by atoms with Crippen molar-refractivity contribution in [3.8, 4) is 5.69 Å². The minimum Gasteiger partial charge on any atom is -0.458 e. The Bertz CT molecular complexity index is 1460. The van der Waals surface area contributed by atoms with Crippen LogP contribution < -0.4 is 0 Å². The van der Waals surface area contributed by atoms with Gasteiger partial charge in [-0.05, 0) is 67.4 Å². The average Bonchev–Trinajstić information content (AvgIpc) is 3.40. The third-order valence-electron chi connectivity index (χ3n) is 10.9. The Morgan fingerprint density at radius 1 is 1.23 bits per heavy atom. The number of ketones is 1. The molecule has 212 valence electrons. The lowest BCUT2D eigenvalue weighted by atomic mass is 9.44. The smallest absolute Gasteiger partial charge is 0.303 e. The van der Waals surface area contributed by atoms with E-state index >= 15 is 4.39 Å². The minimum atomic E-state index is -2.03. The van der Waals surface area contributed by atoms with E-state index in [1.54, 1.807) is 20.0 Å². The molecule has 1 aromatic carbocycles. The first kappa shape index (κ1) is 27.1. The second-order valence-electron chi connectivity index (χ2n) is 12.9. The Balaban J connectivity index is 1.45. The predicted molar refractivity (Wildman–Crippen MR) is 147 cm³/mol. The van der Waals surface area contributed by atoms with E-state index in [0.717, 1.165) is 28.1 Å². The number of aliphatic hydroxyl groups is 2. The second kappa shape index (κ2) is 8.70. The van der Waals surface area contributed by atoms with Crippen LogP contribution in [-0.4, -0.2) is 55.7 Å².